The summed E-state index contributed by atoms with van der Waals surface area (Å²) in [4.78, 5) is 40.2. The first-order valence-corrected chi connectivity index (χ1v) is 10.2. The molecule has 3 aromatic rings. The molecule has 166 valence electrons. The highest BCUT2D eigenvalue weighted by atomic mass is 35.5. The van der Waals surface area contributed by atoms with Gasteiger partial charge in [0.05, 0.1) is 23.3 Å². The molecule has 1 aliphatic rings. The maximum absolute atomic E-state index is 13.0. The van der Waals surface area contributed by atoms with Crippen LogP contribution < -0.4 is 4.90 Å². The van der Waals surface area contributed by atoms with Gasteiger partial charge in [-0.15, -0.1) is 5.10 Å². The number of benzene rings is 1. The fourth-order valence-corrected chi connectivity index (χ4v) is 3.80. The fourth-order valence-electron chi connectivity index (χ4n) is 3.51. The van der Waals surface area contributed by atoms with Gasteiger partial charge in [0.25, 0.3) is 0 Å². The van der Waals surface area contributed by atoms with E-state index in [9.17, 15) is 19.5 Å². The van der Waals surface area contributed by atoms with E-state index in [0.29, 0.717) is 22.1 Å². The number of carbonyl (C=O) groups is 3. The average molecular weight is 478 g/mol. The van der Waals surface area contributed by atoms with Crippen LogP contribution >= 0.6 is 23.2 Å². The van der Waals surface area contributed by atoms with Gasteiger partial charge in [0.2, 0.25) is 11.8 Å². The second-order valence-electron chi connectivity index (χ2n) is 7.16. The molecule has 13 heteroatoms. The van der Waals surface area contributed by atoms with Crippen LogP contribution in [0.5, 0.6) is 0 Å². The van der Waals surface area contributed by atoms with Crippen molar-refractivity contribution in [2.24, 2.45) is 7.05 Å². The molecular weight excluding hydrogens is 461 g/mol. The molecule has 0 bridgehead atoms. The molecule has 4 rings (SSSR count). The molecule has 1 unspecified atom stereocenters. The van der Waals surface area contributed by atoms with E-state index < -0.39 is 30.4 Å². The van der Waals surface area contributed by atoms with E-state index in [1.54, 1.807) is 31.4 Å². The standard InChI is InChI=1S/C19H17Cl2N7O4/c1-25-5-4-12(23-25)7-15(19(31)32)27-10-17(29)26(9-18(27)30)14-6-11(20)2-3-13(14)28-8-16(21)22-24-28/h2-6,8,15H,7,9-10H2,1H3,(H,31,32). The van der Waals surface area contributed by atoms with Crippen molar-refractivity contribution in [3.8, 4) is 5.69 Å². The molecule has 0 radical (unpaired) electrons. The number of halogens is 2. The summed E-state index contributed by atoms with van der Waals surface area (Å²) in [7, 11) is 1.71. The van der Waals surface area contributed by atoms with Gasteiger partial charge in [0.1, 0.15) is 19.1 Å². The van der Waals surface area contributed by atoms with Crippen LogP contribution in [-0.4, -0.2) is 71.7 Å². The number of carbonyl (C=O) groups excluding carboxylic acids is 2. The van der Waals surface area contributed by atoms with Crippen molar-refractivity contribution < 1.29 is 19.5 Å². The third-order valence-corrected chi connectivity index (χ3v) is 5.40. The van der Waals surface area contributed by atoms with E-state index in [-0.39, 0.29) is 18.1 Å². The Balaban J connectivity index is 1.62. The Hall–Kier alpha value is -3.44. The number of aliphatic carboxylic acids is 1. The van der Waals surface area contributed by atoms with Crippen molar-refractivity contribution in [1.29, 1.82) is 0 Å². The Morgan fingerprint density at radius 1 is 1.16 bits per heavy atom. The summed E-state index contributed by atoms with van der Waals surface area (Å²) in [5, 5.41) is 22.0. The van der Waals surface area contributed by atoms with E-state index in [0.717, 1.165) is 4.90 Å². The van der Waals surface area contributed by atoms with Gasteiger partial charge in [-0.05, 0) is 24.3 Å². The molecule has 2 aromatic heterocycles. The summed E-state index contributed by atoms with van der Waals surface area (Å²) in [5.74, 6) is -2.20. The predicted octanol–water partition coefficient (Wildman–Crippen LogP) is 1.18. The molecule has 1 atom stereocenters. The monoisotopic (exact) mass is 477 g/mol. The van der Waals surface area contributed by atoms with Gasteiger partial charge in [-0.1, -0.05) is 28.4 Å². The molecule has 1 aliphatic heterocycles. The minimum absolute atomic E-state index is 0.0188. The first-order chi connectivity index (χ1) is 15.2. The summed E-state index contributed by atoms with van der Waals surface area (Å²) in [5.41, 5.74) is 1.27. The minimum atomic E-state index is -1.23. The molecule has 3 heterocycles. The number of nitrogens with zero attached hydrogens (tertiary/aromatic N) is 7. The van der Waals surface area contributed by atoms with Crippen LogP contribution in [0.25, 0.3) is 5.69 Å². The summed E-state index contributed by atoms with van der Waals surface area (Å²) >= 11 is 12.0. The fraction of sp³-hybridized carbons (Fsp3) is 0.263. The lowest BCUT2D eigenvalue weighted by molar-refractivity contribution is -0.152. The molecule has 11 nitrogen and oxygen atoms in total. The maximum atomic E-state index is 13.0. The number of hydrogen-bond acceptors (Lipinski definition) is 6. The first kappa shape index (κ1) is 21.8. The van der Waals surface area contributed by atoms with Crippen LogP contribution in [0.2, 0.25) is 10.2 Å². The maximum Gasteiger partial charge on any atom is 0.326 e. The van der Waals surface area contributed by atoms with Crippen LogP contribution in [0.4, 0.5) is 5.69 Å². The molecule has 1 N–H and O–H groups in total. The zero-order valence-corrected chi connectivity index (χ0v) is 18.2. The summed E-state index contributed by atoms with van der Waals surface area (Å²) in [6.45, 7) is -0.771. The molecule has 32 heavy (non-hydrogen) atoms. The van der Waals surface area contributed by atoms with Crippen molar-refractivity contribution in [1.82, 2.24) is 29.7 Å². The highest BCUT2D eigenvalue weighted by molar-refractivity contribution is 6.31. The van der Waals surface area contributed by atoms with Gasteiger partial charge in [-0.2, -0.15) is 5.10 Å². The van der Waals surface area contributed by atoms with Crippen molar-refractivity contribution in [3.63, 3.8) is 0 Å². The van der Waals surface area contributed by atoms with Gasteiger partial charge in [0.15, 0.2) is 5.15 Å². The molecule has 2 amide bonds. The molecule has 0 saturated carbocycles. The van der Waals surface area contributed by atoms with Gasteiger partial charge in [0, 0.05) is 24.7 Å². The van der Waals surface area contributed by atoms with Gasteiger partial charge < -0.3 is 10.0 Å². The SMILES string of the molecule is Cn1ccc(CC(C(=O)O)N2CC(=O)N(c3cc(Cl)ccc3-n3cc(Cl)nn3)CC2=O)n1. The Labute approximate surface area is 191 Å². The smallest absolute Gasteiger partial charge is 0.326 e. The first-order valence-electron chi connectivity index (χ1n) is 9.42. The Morgan fingerprint density at radius 3 is 2.56 bits per heavy atom. The predicted molar refractivity (Wildman–Crippen MR) is 114 cm³/mol. The summed E-state index contributed by atoms with van der Waals surface area (Å²) in [6, 6.07) is 5.19. The second kappa shape index (κ2) is 8.60. The lowest BCUT2D eigenvalue weighted by atomic mass is 10.1. The van der Waals surface area contributed by atoms with Crippen molar-refractivity contribution in [2.75, 3.05) is 18.0 Å². The number of amides is 2. The van der Waals surface area contributed by atoms with Gasteiger partial charge >= 0.3 is 5.97 Å². The van der Waals surface area contributed by atoms with Crippen LogP contribution in [0.15, 0.2) is 36.7 Å². The van der Waals surface area contributed by atoms with Crippen molar-refractivity contribution >= 4 is 46.7 Å². The van der Waals surface area contributed by atoms with Crippen LogP contribution in [0, 0.1) is 0 Å². The lowest BCUT2D eigenvalue weighted by Crippen LogP contribution is -2.59. The molecular formula is C19H17Cl2N7O4. The highest BCUT2D eigenvalue weighted by Gasteiger charge is 2.39. The Bertz CT molecular complexity index is 1210. The van der Waals surface area contributed by atoms with E-state index >= 15 is 0 Å². The number of aryl methyl sites for hydroxylation is 1. The van der Waals surface area contributed by atoms with E-state index in [1.165, 1.54) is 26.5 Å². The van der Waals surface area contributed by atoms with Gasteiger partial charge in [-0.3, -0.25) is 19.2 Å². The Kier molecular flexibility index (Phi) is 5.85. The number of hydrogen-bond donors (Lipinski definition) is 1. The van der Waals surface area contributed by atoms with Crippen LogP contribution in [0.1, 0.15) is 5.69 Å². The average Bonchev–Trinajstić information content (AvgIpc) is 3.35. The van der Waals surface area contributed by atoms with Crippen LogP contribution in [0.3, 0.4) is 0 Å². The third kappa shape index (κ3) is 4.30. The molecule has 0 aliphatic carbocycles. The summed E-state index contributed by atoms with van der Waals surface area (Å²) < 4.78 is 2.90. The molecule has 1 fully saturated rings. The van der Waals surface area contributed by atoms with Crippen LogP contribution in [-0.2, 0) is 27.9 Å². The number of piperazine rings is 1. The zero-order chi connectivity index (χ0) is 23.0. The topological polar surface area (TPSA) is 126 Å². The van der Waals surface area contributed by atoms with E-state index in [1.807, 2.05) is 0 Å². The van der Waals surface area contributed by atoms with E-state index in [2.05, 4.69) is 15.4 Å². The number of carboxylic acid groups (broad SMARTS) is 1. The van der Waals surface area contributed by atoms with E-state index in [4.69, 9.17) is 23.2 Å². The molecule has 1 saturated heterocycles. The third-order valence-electron chi connectivity index (χ3n) is 4.99. The molecule has 1 aromatic carbocycles. The van der Waals surface area contributed by atoms with Gasteiger partial charge in [-0.25, -0.2) is 9.48 Å². The van der Waals surface area contributed by atoms with Crippen molar-refractivity contribution in [2.45, 2.75) is 12.5 Å². The second-order valence-corrected chi connectivity index (χ2v) is 7.98. The minimum Gasteiger partial charge on any atom is -0.480 e. The largest absolute Gasteiger partial charge is 0.480 e. The number of carboxylic acids is 1. The lowest BCUT2D eigenvalue weighted by Gasteiger charge is -2.37. The molecule has 0 spiro atoms. The van der Waals surface area contributed by atoms with Crippen molar-refractivity contribution in [3.05, 3.63) is 52.5 Å². The summed E-state index contributed by atoms with van der Waals surface area (Å²) in [6.07, 6.45) is 3.11. The number of aromatic nitrogens is 5. The Morgan fingerprint density at radius 2 is 1.94 bits per heavy atom. The normalized spacial score (nSPS) is 15.3. The zero-order valence-electron chi connectivity index (χ0n) is 16.7. The highest BCUT2D eigenvalue weighted by Crippen LogP contribution is 2.30. The quantitative estimate of drug-likeness (QED) is 0.564. The number of rotatable bonds is 6. The number of anilines is 1.